The zero-order valence-corrected chi connectivity index (χ0v) is 11.8. The van der Waals surface area contributed by atoms with Crippen molar-refractivity contribution >= 4 is 11.9 Å². The number of carbonyl (C=O) groups excluding carboxylic acids is 2. The van der Waals surface area contributed by atoms with Crippen molar-refractivity contribution in [1.29, 1.82) is 0 Å². The summed E-state index contributed by atoms with van der Waals surface area (Å²) in [4.78, 5) is 23.2. The maximum absolute atomic E-state index is 12.8. The zero-order valence-electron chi connectivity index (χ0n) is 11.8. The average Bonchev–Trinajstić information content (AvgIpc) is 2.33. The fourth-order valence-corrected chi connectivity index (χ4v) is 1.04. The number of carbonyl (C=O) groups is 2. The van der Waals surface area contributed by atoms with Crippen LogP contribution in [-0.4, -0.2) is 37.4 Å². The van der Waals surface area contributed by atoms with Crippen LogP contribution in [0.5, 0.6) is 0 Å². The molecule has 0 bridgehead atoms. The Bertz CT molecular complexity index is 327. The zero-order chi connectivity index (χ0) is 15.3. The Morgan fingerprint density at radius 3 is 2.16 bits per heavy atom. The van der Waals surface area contributed by atoms with Crippen molar-refractivity contribution in [2.45, 2.75) is 45.8 Å². The van der Waals surface area contributed by atoms with Gasteiger partial charge in [0.15, 0.2) is 0 Å². The molecule has 0 aromatic rings. The molecule has 0 radical (unpaired) electrons. The molecule has 0 aliphatic heterocycles. The highest BCUT2D eigenvalue weighted by atomic mass is 19.3. The molecular weight excluding hydrogens is 262 g/mol. The van der Waals surface area contributed by atoms with Crippen LogP contribution < -0.4 is 0 Å². The summed E-state index contributed by atoms with van der Waals surface area (Å²) >= 11 is 0. The summed E-state index contributed by atoms with van der Waals surface area (Å²) in [6.45, 7) is 3.98. The first-order chi connectivity index (χ1) is 8.55. The van der Waals surface area contributed by atoms with Gasteiger partial charge in [0.2, 0.25) is 0 Å². The van der Waals surface area contributed by atoms with Gasteiger partial charge in [-0.15, -0.1) is 0 Å². The molecule has 0 amide bonds. The van der Waals surface area contributed by atoms with Crippen molar-refractivity contribution in [1.82, 2.24) is 0 Å². The lowest BCUT2D eigenvalue weighted by Gasteiger charge is -2.28. The molecule has 19 heavy (non-hydrogen) atoms. The minimum absolute atomic E-state index is 0.477. The lowest BCUT2D eigenvalue weighted by atomic mass is 10.1. The monoisotopic (exact) mass is 282 g/mol. The van der Waals surface area contributed by atoms with E-state index in [0.29, 0.717) is 13.3 Å². The van der Waals surface area contributed by atoms with Crippen LogP contribution in [0.4, 0.5) is 8.78 Å². The molecule has 0 rings (SSSR count). The van der Waals surface area contributed by atoms with Gasteiger partial charge in [-0.2, -0.15) is 0 Å². The van der Waals surface area contributed by atoms with Crippen molar-refractivity contribution in [3.05, 3.63) is 0 Å². The molecule has 2 atom stereocenters. The van der Waals surface area contributed by atoms with Crippen LogP contribution in [-0.2, 0) is 23.8 Å². The third-order valence-electron chi connectivity index (χ3n) is 2.47. The maximum atomic E-state index is 12.8. The lowest BCUT2D eigenvalue weighted by Crippen LogP contribution is -2.46. The quantitative estimate of drug-likeness (QED) is 0.529. The van der Waals surface area contributed by atoms with Crippen molar-refractivity contribution in [3.63, 3.8) is 0 Å². The Morgan fingerprint density at radius 2 is 1.79 bits per heavy atom. The van der Waals surface area contributed by atoms with Crippen LogP contribution in [0, 0.1) is 5.92 Å². The largest absolute Gasteiger partial charge is 0.464 e. The molecule has 0 saturated heterocycles. The molecule has 0 heterocycles. The number of esters is 2. The fourth-order valence-electron chi connectivity index (χ4n) is 1.04. The summed E-state index contributed by atoms with van der Waals surface area (Å²) in [5, 5.41) is 0. The molecular formula is C12H20F2O5. The van der Waals surface area contributed by atoms with E-state index in [1.807, 2.05) is 0 Å². The van der Waals surface area contributed by atoms with E-state index >= 15 is 0 Å². The SMILES string of the molecule is CCC(C)C(=O)OC(C)(OCC(C)(F)F)C(=O)OC. The molecule has 0 spiro atoms. The van der Waals surface area contributed by atoms with Crippen molar-refractivity contribution < 1.29 is 32.6 Å². The smallest absolute Gasteiger partial charge is 0.379 e. The van der Waals surface area contributed by atoms with Gasteiger partial charge in [-0.05, 0) is 6.42 Å². The fraction of sp³-hybridized carbons (Fsp3) is 0.833. The lowest BCUT2D eigenvalue weighted by molar-refractivity contribution is -0.251. The number of hydrogen-bond acceptors (Lipinski definition) is 5. The van der Waals surface area contributed by atoms with Gasteiger partial charge < -0.3 is 14.2 Å². The van der Waals surface area contributed by atoms with Gasteiger partial charge in [0.25, 0.3) is 5.92 Å². The van der Waals surface area contributed by atoms with Gasteiger partial charge in [0, 0.05) is 13.8 Å². The summed E-state index contributed by atoms with van der Waals surface area (Å²) in [5.41, 5.74) is 0. The van der Waals surface area contributed by atoms with E-state index in [1.165, 1.54) is 0 Å². The van der Waals surface area contributed by atoms with Crippen LogP contribution in [0.2, 0.25) is 0 Å². The number of methoxy groups -OCH3 is 1. The molecule has 0 fully saturated rings. The molecule has 0 N–H and O–H groups in total. The summed E-state index contributed by atoms with van der Waals surface area (Å²) < 4.78 is 39.6. The van der Waals surface area contributed by atoms with Gasteiger partial charge in [0.05, 0.1) is 13.0 Å². The second kappa shape index (κ2) is 6.79. The van der Waals surface area contributed by atoms with Crippen LogP contribution >= 0.6 is 0 Å². The molecule has 0 aromatic carbocycles. The Hall–Kier alpha value is -1.24. The predicted octanol–water partition coefficient (Wildman–Crippen LogP) is 2.14. The van der Waals surface area contributed by atoms with E-state index < -0.39 is 36.2 Å². The van der Waals surface area contributed by atoms with Gasteiger partial charge in [-0.1, -0.05) is 13.8 Å². The number of hydrogen-bond donors (Lipinski definition) is 0. The number of alkyl halides is 2. The third kappa shape index (κ3) is 5.96. The summed E-state index contributed by atoms with van der Waals surface area (Å²) in [6.07, 6.45) is 0.486. The van der Waals surface area contributed by atoms with E-state index in [2.05, 4.69) is 4.74 Å². The van der Waals surface area contributed by atoms with E-state index in [-0.39, 0.29) is 0 Å². The first-order valence-corrected chi connectivity index (χ1v) is 5.88. The van der Waals surface area contributed by atoms with E-state index in [1.54, 1.807) is 13.8 Å². The predicted molar refractivity (Wildman–Crippen MR) is 62.5 cm³/mol. The molecule has 2 unspecified atom stereocenters. The van der Waals surface area contributed by atoms with Crippen LogP contribution in [0.1, 0.15) is 34.1 Å². The van der Waals surface area contributed by atoms with Gasteiger partial charge in [-0.25, -0.2) is 13.6 Å². The van der Waals surface area contributed by atoms with Crippen LogP contribution in [0.3, 0.4) is 0 Å². The summed E-state index contributed by atoms with van der Waals surface area (Å²) in [5.74, 6) is -7.56. The highest BCUT2D eigenvalue weighted by molar-refractivity contribution is 5.82. The Kier molecular flexibility index (Phi) is 6.35. The number of halogens is 2. The second-order valence-electron chi connectivity index (χ2n) is 4.53. The topological polar surface area (TPSA) is 61.8 Å². The van der Waals surface area contributed by atoms with Gasteiger partial charge in [0.1, 0.15) is 6.61 Å². The minimum atomic E-state index is -3.15. The average molecular weight is 282 g/mol. The molecule has 112 valence electrons. The highest BCUT2D eigenvalue weighted by Crippen LogP contribution is 2.22. The second-order valence-corrected chi connectivity index (χ2v) is 4.53. The van der Waals surface area contributed by atoms with Crippen molar-refractivity contribution in [3.8, 4) is 0 Å². The van der Waals surface area contributed by atoms with E-state index in [4.69, 9.17) is 9.47 Å². The molecule has 0 aliphatic rings. The molecule has 0 aromatic heterocycles. The van der Waals surface area contributed by atoms with Crippen molar-refractivity contribution in [2.24, 2.45) is 5.92 Å². The van der Waals surface area contributed by atoms with E-state index in [0.717, 1.165) is 14.0 Å². The number of rotatable bonds is 7. The Morgan fingerprint density at radius 1 is 1.26 bits per heavy atom. The van der Waals surface area contributed by atoms with E-state index in [9.17, 15) is 18.4 Å². The molecule has 0 saturated carbocycles. The Balaban J connectivity index is 4.88. The molecule has 5 nitrogen and oxygen atoms in total. The summed E-state index contributed by atoms with van der Waals surface area (Å²) in [7, 11) is 1.05. The normalized spacial score (nSPS) is 16.4. The maximum Gasteiger partial charge on any atom is 0.379 e. The van der Waals surface area contributed by atoms with Gasteiger partial charge >= 0.3 is 17.7 Å². The molecule has 0 aliphatic carbocycles. The first-order valence-electron chi connectivity index (χ1n) is 5.88. The van der Waals surface area contributed by atoms with Gasteiger partial charge in [-0.3, -0.25) is 4.79 Å². The minimum Gasteiger partial charge on any atom is -0.464 e. The third-order valence-corrected chi connectivity index (χ3v) is 2.47. The van der Waals surface area contributed by atoms with Crippen molar-refractivity contribution in [2.75, 3.05) is 13.7 Å². The first kappa shape index (κ1) is 17.8. The number of ether oxygens (including phenoxy) is 3. The Labute approximate surface area is 111 Å². The molecule has 7 heteroatoms. The van der Waals surface area contributed by atoms with Crippen LogP contribution in [0.15, 0.2) is 0 Å². The standard InChI is InChI=1S/C12H20F2O5/c1-6-8(2)9(15)19-12(4,10(16)17-5)18-7-11(3,13)14/h8H,6-7H2,1-5H3. The highest BCUT2D eigenvalue weighted by Gasteiger charge is 2.43. The van der Waals surface area contributed by atoms with Crippen LogP contribution in [0.25, 0.3) is 0 Å². The summed E-state index contributed by atoms with van der Waals surface area (Å²) in [6, 6.07) is 0.